The van der Waals surface area contributed by atoms with Gasteiger partial charge in [-0.05, 0) is 95.1 Å². The number of nitrogens with zero attached hydrogens (tertiary/aromatic N) is 3. The van der Waals surface area contributed by atoms with Gasteiger partial charge in [-0.25, -0.2) is 0 Å². The highest BCUT2D eigenvalue weighted by Gasteiger charge is 2.19. The molecule has 0 bridgehead atoms. The molecule has 3 heterocycles. The third kappa shape index (κ3) is 4.98. The molecular weight excluding hydrogens is 346 g/mol. The third-order valence-electron chi connectivity index (χ3n) is 6.33. The molecule has 2 fully saturated rings. The second kappa shape index (κ2) is 9.62. The Morgan fingerprint density at radius 1 is 0.964 bits per heavy atom. The van der Waals surface area contributed by atoms with Crippen LogP contribution in [0.5, 0.6) is 5.75 Å². The monoisotopic (exact) mass is 381 g/mol. The van der Waals surface area contributed by atoms with E-state index in [-0.39, 0.29) is 0 Å². The van der Waals surface area contributed by atoms with E-state index >= 15 is 0 Å². The second-order valence-corrected chi connectivity index (χ2v) is 8.43. The lowest BCUT2D eigenvalue weighted by atomic mass is 10.1. The van der Waals surface area contributed by atoms with E-state index in [1.54, 1.807) is 0 Å². The van der Waals surface area contributed by atoms with Gasteiger partial charge >= 0.3 is 0 Å². The van der Waals surface area contributed by atoms with Crippen LogP contribution in [-0.4, -0.2) is 53.2 Å². The molecule has 0 amide bonds. The van der Waals surface area contributed by atoms with Gasteiger partial charge in [0.2, 0.25) is 0 Å². The van der Waals surface area contributed by atoms with Crippen LogP contribution in [-0.2, 0) is 6.54 Å². The van der Waals surface area contributed by atoms with E-state index in [1.807, 2.05) is 0 Å². The smallest absolute Gasteiger partial charge is 0.119 e. The number of rotatable bonds is 8. The predicted octanol–water partition coefficient (Wildman–Crippen LogP) is 4.72. The van der Waals surface area contributed by atoms with Crippen molar-refractivity contribution in [2.24, 2.45) is 0 Å². The lowest BCUT2D eigenvalue weighted by Crippen LogP contribution is -2.29. The first-order valence-electron chi connectivity index (χ1n) is 11.2. The normalized spacial score (nSPS) is 21.2. The van der Waals surface area contributed by atoms with Crippen LogP contribution >= 0.6 is 0 Å². The van der Waals surface area contributed by atoms with Crippen LogP contribution in [0.1, 0.15) is 51.1 Å². The van der Waals surface area contributed by atoms with Crippen molar-refractivity contribution in [3.05, 3.63) is 48.3 Å². The number of ether oxygens (including phenoxy) is 1. The molecule has 152 valence electrons. The van der Waals surface area contributed by atoms with Crippen LogP contribution in [0, 0.1) is 0 Å². The highest BCUT2D eigenvalue weighted by Crippen LogP contribution is 2.21. The molecule has 2 aliphatic rings. The van der Waals surface area contributed by atoms with Crippen LogP contribution in [0.25, 0.3) is 5.69 Å². The van der Waals surface area contributed by atoms with Gasteiger partial charge in [0.1, 0.15) is 5.75 Å². The molecule has 2 aromatic rings. The van der Waals surface area contributed by atoms with E-state index in [9.17, 15) is 0 Å². The quantitative estimate of drug-likeness (QED) is 0.618. The van der Waals surface area contributed by atoms with Crippen molar-refractivity contribution in [2.75, 3.05) is 32.8 Å². The molecule has 28 heavy (non-hydrogen) atoms. The Labute approximate surface area is 170 Å². The highest BCUT2D eigenvalue weighted by molar-refractivity contribution is 5.39. The van der Waals surface area contributed by atoms with Crippen molar-refractivity contribution in [1.29, 1.82) is 0 Å². The van der Waals surface area contributed by atoms with Crippen molar-refractivity contribution in [1.82, 2.24) is 14.4 Å². The molecule has 0 N–H and O–H groups in total. The summed E-state index contributed by atoms with van der Waals surface area (Å²) in [5, 5.41) is 0. The van der Waals surface area contributed by atoms with Gasteiger partial charge in [-0.3, -0.25) is 4.90 Å². The van der Waals surface area contributed by atoms with E-state index < -0.39 is 0 Å². The fourth-order valence-electron chi connectivity index (χ4n) is 4.63. The van der Waals surface area contributed by atoms with Crippen molar-refractivity contribution in [3.8, 4) is 11.4 Å². The maximum absolute atomic E-state index is 5.98. The van der Waals surface area contributed by atoms with Gasteiger partial charge in [0.25, 0.3) is 0 Å². The number of hydrogen-bond acceptors (Lipinski definition) is 3. The van der Waals surface area contributed by atoms with Crippen molar-refractivity contribution in [3.63, 3.8) is 0 Å². The van der Waals surface area contributed by atoms with Gasteiger partial charge in [-0.15, -0.1) is 0 Å². The first kappa shape index (κ1) is 19.5. The van der Waals surface area contributed by atoms with Gasteiger partial charge in [0.15, 0.2) is 0 Å². The SMILES string of the molecule is C[C@H]1CCCN1CCCOc1ccc(-n2cccc2CN2CCCCC2)cc1. The Hall–Kier alpha value is -1.78. The van der Waals surface area contributed by atoms with Crippen LogP contribution < -0.4 is 4.74 Å². The molecule has 0 aliphatic carbocycles. The molecule has 2 aliphatic heterocycles. The van der Waals surface area contributed by atoms with E-state index in [4.69, 9.17) is 4.74 Å². The minimum Gasteiger partial charge on any atom is -0.494 e. The summed E-state index contributed by atoms with van der Waals surface area (Å²) >= 11 is 0. The Balaban J connectivity index is 1.28. The molecule has 0 saturated carbocycles. The van der Waals surface area contributed by atoms with Crippen molar-refractivity contribution in [2.45, 2.75) is 58.0 Å². The summed E-state index contributed by atoms with van der Waals surface area (Å²) in [5.41, 5.74) is 2.59. The summed E-state index contributed by atoms with van der Waals surface area (Å²) < 4.78 is 8.29. The Bertz CT molecular complexity index is 718. The maximum Gasteiger partial charge on any atom is 0.119 e. The lowest BCUT2D eigenvalue weighted by molar-refractivity contribution is 0.217. The zero-order valence-electron chi connectivity index (χ0n) is 17.4. The summed E-state index contributed by atoms with van der Waals surface area (Å²) in [6.07, 6.45) is 10.0. The Morgan fingerprint density at radius 2 is 1.79 bits per heavy atom. The van der Waals surface area contributed by atoms with Gasteiger partial charge in [0.05, 0.1) is 6.61 Å². The highest BCUT2D eigenvalue weighted by atomic mass is 16.5. The lowest BCUT2D eigenvalue weighted by Gasteiger charge is -2.26. The summed E-state index contributed by atoms with van der Waals surface area (Å²) in [4.78, 5) is 5.16. The Morgan fingerprint density at radius 3 is 2.54 bits per heavy atom. The fraction of sp³-hybridized carbons (Fsp3) is 0.583. The maximum atomic E-state index is 5.98. The number of aromatic nitrogens is 1. The molecule has 4 heteroatoms. The van der Waals surface area contributed by atoms with Gasteiger partial charge in [0, 0.05) is 36.7 Å². The average Bonchev–Trinajstić information content (AvgIpc) is 3.35. The van der Waals surface area contributed by atoms with E-state index in [1.165, 1.54) is 63.1 Å². The number of benzene rings is 1. The fourth-order valence-corrected chi connectivity index (χ4v) is 4.63. The summed E-state index contributed by atoms with van der Waals surface area (Å²) in [5.74, 6) is 0.975. The molecule has 0 spiro atoms. The summed E-state index contributed by atoms with van der Waals surface area (Å²) in [6.45, 7) is 9.05. The van der Waals surface area contributed by atoms with Crippen LogP contribution in [0.15, 0.2) is 42.6 Å². The van der Waals surface area contributed by atoms with E-state index in [0.29, 0.717) is 0 Å². The minimum atomic E-state index is 0.750. The topological polar surface area (TPSA) is 20.6 Å². The number of likely N-dealkylation sites (tertiary alicyclic amines) is 2. The van der Waals surface area contributed by atoms with E-state index in [2.05, 4.69) is 63.9 Å². The van der Waals surface area contributed by atoms with Crippen molar-refractivity contribution >= 4 is 0 Å². The zero-order valence-corrected chi connectivity index (χ0v) is 17.4. The van der Waals surface area contributed by atoms with Gasteiger partial charge in [-0.2, -0.15) is 0 Å². The van der Waals surface area contributed by atoms with Crippen LogP contribution in [0.4, 0.5) is 0 Å². The molecule has 0 unspecified atom stereocenters. The average molecular weight is 382 g/mol. The van der Waals surface area contributed by atoms with Gasteiger partial charge in [-0.1, -0.05) is 6.42 Å². The number of piperidine rings is 1. The summed E-state index contributed by atoms with van der Waals surface area (Å²) in [6, 6.07) is 13.7. The molecule has 4 nitrogen and oxygen atoms in total. The second-order valence-electron chi connectivity index (χ2n) is 8.43. The van der Waals surface area contributed by atoms with Gasteiger partial charge < -0.3 is 14.2 Å². The molecular formula is C24H35N3O. The first-order chi connectivity index (χ1) is 13.8. The number of hydrogen-bond donors (Lipinski definition) is 0. The molecule has 0 radical (unpaired) electrons. The Kier molecular flexibility index (Phi) is 6.71. The first-order valence-corrected chi connectivity index (χ1v) is 11.2. The third-order valence-corrected chi connectivity index (χ3v) is 6.33. The molecule has 4 rings (SSSR count). The van der Waals surface area contributed by atoms with Crippen LogP contribution in [0.2, 0.25) is 0 Å². The molecule has 2 saturated heterocycles. The summed E-state index contributed by atoms with van der Waals surface area (Å²) in [7, 11) is 0. The molecule has 1 aromatic heterocycles. The zero-order chi connectivity index (χ0) is 19.2. The largest absolute Gasteiger partial charge is 0.494 e. The standard InChI is InChI=1S/C24H35N3O/c1-21-8-5-16-26(21)17-7-19-28-24-12-10-22(11-13-24)27-18-6-9-23(27)20-25-14-3-2-4-15-25/h6,9-13,18,21H,2-5,7-8,14-17,19-20H2,1H3/t21-/m0/s1. The minimum absolute atomic E-state index is 0.750. The van der Waals surface area contributed by atoms with Crippen LogP contribution in [0.3, 0.4) is 0 Å². The molecule has 1 aromatic carbocycles. The van der Waals surface area contributed by atoms with E-state index in [0.717, 1.165) is 37.9 Å². The predicted molar refractivity (Wildman–Crippen MR) is 115 cm³/mol. The molecule has 1 atom stereocenters. The van der Waals surface area contributed by atoms with Crippen molar-refractivity contribution < 1.29 is 4.74 Å².